The number of hydrogen-bond acceptors (Lipinski definition) is 3. The van der Waals surface area contributed by atoms with Crippen LogP contribution < -0.4 is 4.74 Å². The first kappa shape index (κ1) is 11.8. The van der Waals surface area contributed by atoms with Gasteiger partial charge in [0.15, 0.2) is 0 Å². The van der Waals surface area contributed by atoms with Crippen molar-refractivity contribution in [3.63, 3.8) is 0 Å². The van der Waals surface area contributed by atoms with E-state index in [1.807, 2.05) is 0 Å². The Hall–Kier alpha value is -1.68. The van der Waals surface area contributed by atoms with E-state index >= 15 is 0 Å². The number of thiophene rings is 1. The molecule has 2 rings (SSSR count). The zero-order valence-corrected chi connectivity index (χ0v) is 10.3. The van der Waals surface area contributed by atoms with Crippen LogP contribution in [-0.2, 0) is 0 Å². The maximum atomic E-state index is 13.2. The monoisotopic (exact) mass is 250 g/mol. The number of halogens is 1. The lowest BCUT2D eigenvalue weighted by Gasteiger charge is -2.05. The van der Waals surface area contributed by atoms with Gasteiger partial charge in [-0.05, 0) is 36.1 Å². The highest BCUT2D eigenvalue weighted by molar-refractivity contribution is 7.12. The first-order valence-electron chi connectivity index (χ1n) is 5.06. The number of methoxy groups -OCH3 is 1. The normalized spacial score (nSPS) is 10.3. The van der Waals surface area contributed by atoms with Gasteiger partial charge >= 0.3 is 0 Å². The fraction of sp³-hybridized carbons (Fsp3) is 0.154. The molecule has 0 amide bonds. The molecule has 1 aromatic heterocycles. The highest BCUT2D eigenvalue weighted by atomic mass is 32.1. The number of hydrogen-bond donors (Lipinski definition) is 0. The van der Waals surface area contributed by atoms with E-state index in [4.69, 9.17) is 4.74 Å². The summed E-state index contributed by atoms with van der Waals surface area (Å²) in [5.74, 6) is -0.0769. The Morgan fingerprint density at radius 1 is 1.35 bits per heavy atom. The predicted octanol–water partition coefficient (Wildman–Crippen LogP) is 3.44. The summed E-state index contributed by atoms with van der Waals surface area (Å²) in [5, 5.41) is 1.78. The fourth-order valence-corrected chi connectivity index (χ4v) is 2.40. The second-order valence-electron chi connectivity index (χ2n) is 3.61. The topological polar surface area (TPSA) is 26.3 Å². The van der Waals surface area contributed by atoms with Crippen LogP contribution in [0.5, 0.6) is 5.75 Å². The highest BCUT2D eigenvalue weighted by Gasteiger charge is 2.18. The van der Waals surface area contributed by atoms with Crippen LogP contribution in [0.2, 0.25) is 0 Å². The molecule has 2 aromatic rings. The molecule has 0 aliphatic heterocycles. The van der Waals surface area contributed by atoms with Crippen molar-refractivity contribution in [1.82, 2.24) is 0 Å². The van der Waals surface area contributed by atoms with Gasteiger partial charge in [0.25, 0.3) is 0 Å². The molecule has 1 heterocycles. The molecule has 0 bridgehead atoms. The van der Waals surface area contributed by atoms with Gasteiger partial charge in [-0.15, -0.1) is 11.3 Å². The van der Waals surface area contributed by atoms with Crippen LogP contribution in [0.15, 0.2) is 29.6 Å². The summed E-state index contributed by atoms with van der Waals surface area (Å²) in [6, 6.07) is 5.93. The average Bonchev–Trinajstić information content (AvgIpc) is 2.79. The Labute approximate surface area is 103 Å². The second kappa shape index (κ2) is 4.67. The molecule has 17 heavy (non-hydrogen) atoms. The van der Waals surface area contributed by atoms with Gasteiger partial charge in [0.05, 0.1) is 7.11 Å². The smallest absolute Gasteiger partial charge is 0.207 e. The number of rotatable bonds is 3. The van der Waals surface area contributed by atoms with Crippen LogP contribution in [0, 0.1) is 12.7 Å². The molecule has 0 atom stereocenters. The first-order chi connectivity index (χ1) is 8.13. The van der Waals surface area contributed by atoms with E-state index in [9.17, 15) is 9.18 Å². The van der Waals surface area contributed by atoms with Gasteiger partial charge in [-0.25, -0.2) is 4.39 Å². The molecule has 0 saturated heterocycles. The molecule has 4 heteroatoms. The largest absolute Gasteiger partial charge is 0.495 e. The summed E-state index contributed by atoms with van der Waals surface area (Å²) in [6.07, 6.45) is 0. The van der Waals surface area contributed by atoms with Crippen LogP contribution >= 0.6 is 11.3 Å². The van der Waals surface area contributed by atoms with Crippen LogP contribution in [0.25, 0.3) is 0 Å². The molecule has 88 valence electrons. The number of carbonyl (C=O) groups is 1. The lowest BCUT2D eigenvalue weighted by molar-refractivity contribution is 0.103. The summed E-state index contributed by atoms with van der Waals surface area (Å²) in [5.41, 5.74) is 1.14. The average molecular weight is 250 g/mol. The number of aryl methyl sites for hydroxylation is 1. The van der Waals surface area contributed by atoms with Crippen molar-refractivity contribution in [2.75, 3.05) is 7.11 Å². The molecule has 0 unspecified atom stereocenters. The highest BCUT2D eigenvalue weighted by Crippen LogP contribution is 2.28. The number of carbonyl (C=O) groups excluding carboxylic acids is 1. The van der Waals surface area contributed by atoms with E-state index in [1.165, 1.54) is 30.6 Å². The van der Waals surface area contributed by atoms with Gasteiger partial charge in [-0.3, -0.25) is 4.79 Å². The molecule has 2 nitrogen and oxygen atoms in total. The first-order valence-corrected chi connectivity index (χ1v) is 5.94. The molecule has 0 radical (unpaired) electrons. The zero-order valence-electron chi connectivity index (χ0n) is 9.49. The van der Waals surface area contributed by atoms with E-state index < -0.39 is 5.82 Å². The Morgan fingerprint density at radius 3 is 2.82 bits per heavy atom. The lowest BCUT2D eigenvalue weighted by Crippen LogP contribution is -2.03. The summed E-state index contributed by atoms with van der Waals surface area (Å²) in [6.45, 7) is 1.78. The SMILES string of the molecule is COc1ccsc1C(=O)c1cc(F)ccc1C. The molecule has 0 N–H and O–H groups in total. The van der Waals surface area contributed by atoms with E-state index in [-0.39, 0.29) is 5.78 Å². The second-order valence-corrected chi connectivity index (χ2v) is 4.52. The Bertz CT molecular complexity index is 560. The third kappa shape index (κ3) is 2.22. The van der Waals surface area contributed by atoms with Crippen LogP contribution in [-0.4, -0.2) is 12.9 Å². The van der Waals surface area contributed by atoms with E-state index in [0.29, 0.717) is 16.2 Å². The molecule has 0 aliphatic rings. The minimum Gasteiger partial charge on any atom is -0.495 e. The van der Waals surface area contributed by atoms with E-state index in [1.54, 1.807) is 24.4 Å². The van der Waals surface area contributed by atoms with E-state index in [2.05, 4.69) is 0 Å². The van der Waals surface area contributed by atoms with Crippen molar-refractivity contribution in [2.45, 2.75) is 6.92 Å². The summed E-state index contributed by atoms with van der Waals surface area (Å²) < 4.78 is 18.2. The number of ether oxygens (including phenoxy) is 1. The third-order valence-electron chi connectivity index (χ3n) is 2.50. The van der Waals surface area contributed by atoms with Crippen molar-refractivity contribution < 1.29 is 13.9 Å². The summed E-state index contributed by atoms with van der Waals surface area (Å²) in [7, 11) is 1.51. The molecule has 0 spiro atoms. The molecule has 0 aliphatic carbocycles. The van der Waals surface area contributed by atoms with Gasteiger partial charge in [-0.2, -0.15) is 0 Å². The van der Waals surface area contributed by atoms with Crippen molar-refractivity contribution in [2.24, 2.45) is 0 Å². The fourth-order valence-electron chi connectivity index (χ4n) is 1.58. The quantitative estimate of drug-likeness (QED) is 0.780. The molecular formula is C13H11FO2S. The predicted molar refractivity (Wildman–Crippen MR) is 65.4 cm³/mol. The molecular weight excluding hydrogens is 239 g/mol. The van der Waals surface area contributed by atoms with Crippen LogP contribution in [0.3, 0.4) is 0 Å². The number of benzene rings is 1. The van der Waals surface area contributed by atoms with E-state index in [0.717, 1.165) is 5.56 Å². The van der Waals surface area contributed by atoms with Crippen LogP contribution in [0.4, 0.5) is 4.39 Å². The standard InChI is InChI=1S/C13H11FO2S/c1-8-3-4-9(14)7-10(8)12(15)13-11(16-2)5-6-17-13/h3-7H,1-2H3. The summed E-state index contributed by atoms with van der Waals surface area (Å²) in [4.78, 5) is 12.7. The lowest BCUT2D eigenvalue weighted by atomic mass is 10.0. The number of ketones is 1. The molecule has 0 saturated carbocycles. The molecule has 1 aromatic carbocycles. The van der Waals surface area contributed by atoms with Gasteiger partial charge in [0, 0.05) is 5.56 Å². The maximum Gasteiger partial charge on any atom is 0.207 e. The third-order valence-corrected chi connectivity index (χ3v) is 3.39. The van der Waals surface area contributed by atoms with Gasteiger partial charge in [0.2, 0.25) is 5.78 Å². The van der Waals surface area contributed by atoms with Crippen molar-refractivity contribution >= 4 is 17.1 Å². The minimum absolute atomic E-state index is 0.200. The van der Waals surface area contributed by atoms with Crippen LogP contribution in [0.1, 0.15) is 20.8 Å². The zero-order chi connectivity index (χ0) is 12.4. The van der Waals surface area contributed by atoms with Crippen molar-refractivity contribution in [1.29, 1.82) is 0 Å². The van der Waals surface area contributed by atoms with Gasteiger partial charge in [-0.1, -0.05) is 6.07 Å². The van der Waals surface area contributed by atoms with Crippen molar-refractivity contribution in [3.05, 3.63) is 51.5 Å². The Kier molecular flexibility index (Phi) is 3.24. The van der Waals surface area contributed by atoms with Crippen molar-refractivity contribution in [3.8, 4) is 5.75 Å². The Morgan fingerprint density at radius 2 is 2.12 bits per heavy atom. The minimum atomic E-state index is -0.408. The van der Waals surface area contributed by atoms with Gasteiger partial charge in [0.1, 0.15) is 16.4 Å². The van der Waals surface area contributed by atoms with Gasteiger partial charge < -0.3 is 4.74 Å². The maximum absolute atomic E-state index is 13.2. The molecule has 0 fully saturated rings. The Balaban J connectivity index is 2.47. The summed E-state index contributed by atoms with van der Waals surface area (Å²) >= 11 is 1.29.